The molecule has 0 aliphatic carbocycles. The Balaban J connectivity index is 0. The predicted molar refractivity (Wildman–Crippen MR) is 30.7 cm³/mol. The van der Waals surface area contributed by atoms with Gasteiger partial charge in [0.25, 0.3) is 0 Å². The topological polar surface area (TPSA) is 122 Å². The van der Waals surface area contributed by atoms with Gasteiger partial charge in [0.05, 0.1) is 0 Å². The first-order valence-corrected chi connectivity index (χ1v) is 0. The zero-order valence-corrected chi connectivity index (χ0v) is 19.6. The Hall–Kier alpha value is 3.53. The fraction of sp³-hybridized carbons (Fsp3) is 0. The first kappa shape index (κ1) is 170. The number of nitrogens with zero attached hydrogens (tertiary/aromatic N) is 4. The van der Waals surface area contributed by atoms with Crippen LogP contribution in [0.1, 0.15) is 0 Å². The van der Waals surface area contributed by atoms with Gasteiger partial charge >= 0.3 is 52.8 Å². The summed E-state index contributed by atoms with van der Waals surface area (Å²) in [5, 5.41) is 0. The first-order valence-electron chi connectivity index (χ1n) is 0. The molecule has 0 radical (unpaired) electrons. The van der Waals surface area contributed by atoms with Crippen LogP contribution in [0.5, 0.6) is 0 Å². The smallest absolute Gasteiger partial charge is 3.00 e. The average molecular weight is 825 g/mol. The van der Waals surface area contributed by atoms with E-state index in [2.05, 4.69) is 0 Å². The summed E-state index contributed by atoms with van der Waals surface area (Å²) in [6, 6.07) is 0. The van der Waals surface area contributed by atoms with Gasteiger partial charge < -0.3 is 24.6 Å². The largest absolute Gasteiger partial charge is 4.00 e. The minimum atomic E-state index is 0. The molecule has 0 unspecified atom stereocenters. The first-order chi connectivity index (χ1) is 0. The van der Waals surface area contributed by atoms with Gasteiger partial charge in [-0.2, -0.15) is 0 Å². The van der Waals surface area contributed by atoms with E-state index in [0.29, 0.717) is 0 Å². The summed E-state index contributed by atoms with van der Waals surface area (Å²) in [7, 11) is 0. The van der Waals surface area contributed by atoms with Gasteiger partial charge in [-0.25, -0.2) is 0 Å². The molecular formula is Ge3N4W3. The molecule has 4 nitrogen and oxygen atoms in total. The summed E-state index contributed by atoms with van der Waals surface area (Å²) in [5.41, 5.74) is 0. The molecule has 0 N–H and O–H groups in total. The molecule has 0 fully saturated rings. The van der Waals surface area contributed by atoms with Crippen LogP contribution in [-0.2, 0) is 63.2 Å². The standard InChI is InChI=1S/3Ge.4N.3W/q3*+4;4*-3;;;. The molecule has 0 atom stereocenters. The summed E-state index contributed by atoms with van der Waals surface area (Å²) in [6.07, 6.45) is 0. The van der Waals surface area contributed by atoms with E-state index < -0.39 is 0 Å². The molecule has 50 valence electrons. The summed E-state index contributed by atoms with van der Waals surface area (Å²) < 4.78 is 0. The minimum absolute atomic E-state index is 0. The molecule has 10 heavy (non-hydrogen) atoms. The number of hydrogen-bond acceptors (Lipinski definition) is 0. The predicted octanol–water partition coefficient (Wildman–Crippen LogP) is 0.00490. The van der Waals surface area contributed by atoms with Crippen molar-refractivity contribution in [3.63, 3.8) is 0 Å². The average Bonchev–Trinajstić information content (AvgIpc) is 0. The maximum absolute atomic E-state index is 0. The van der Waals surface area contributed by atoms with Gasteiger partial charge in [0.15, 0.2) is 0 Å². The van der Waals surface area contributed by atoms with Crippen molar-refractivity contribution in [2.24, 2.45) is 0 Å². The number of rotatable bonds is 0. The van der Waals surface area contributed by atoms with Crippen LogP contribution >= 0.6 is 0 Å². The second-order valence-electron chi connectivity index (χ2n) is 0. The molecule has 0 saturated heterocycles. The Bertz CT molecular complexity index is 15.7. The van der Waals surface area contributed by atoms with Crippen molar-refractivity contribution in [2.45, 2.75) is 0 Å². The molecule has 0 heterocycles. The Morgan fingerprint density at radius 1 is 0.300 bits per heavy atom. The van der Waals surface area contributed by atoms with Crippen LogP contribution in [0.2, 0.25) is 0 Å². The van der Waals surface area contributed by atoms with Gasteiger partial charge in [0, 0.05) is 63.2 Å². The molecule has 0 bridgehead atoms. The van der Waals surface area contributed by atoms with Crippen molar-refractivity contribution in [3.05, 3.63) is 24.6 Å². The Morgan fingerprint density at radius 2 is 0.300 bits per heavy atom. The van der Waals surface area contributed by atoms with Gasteiger partial charge in [-0.15, -0.1) is 0 Å². The Kier molecular flexibility index (Phi) is 2270. The van der Waals surface area contributed by atoms with Gasteiger partial charge in [0.2, 0.25) is 0 Å². The van der Waals surface area contributed by atoms with Crippen LogP contribution in [0.4, 0.5) is 0 Å². The van der Waals surface area contributed by atoms with E-state index in [0.717, 1.165) is 0 Å². The van der Waals surface area contributed by atoms with E-state index in [1.54, 1.807) is 0 Å². The Labute approximate surface area is 138 Å². The molecule has 0 saturated carbocycles. The maximum Gasteiger partial charge on any atom is 4.00 e. The van der Waals surface area contributed by atoms with Crippen LogP contribution < -0.4 is 0 Å². The second kappa shape index (κ2) is 134. The van der Waals surface area contributed by atoms with Crippen molar-refractivity contribution in [2.75, 3.05) is 0 Å². The third-order valence-electron chi connectivity index (χ3n) is 0. The fourth-order valence-electron chi connectivity index (χ4n) is 0. The van der Waals surface area contributed by atoms with E-state index in [1.807, 2.05) is 0 Å². The van der Waals surface area contributed by atoms with Crippen LogP contribution in [0.3, 0.4) is 0 Å². The summed E-state index contributed by atoms with van der Waals surface area (Å²) in [4.78, 5) is 0. The fourth-order valence-corrected chi connectivity index (χ4v) is 0. The Morgan fingerprint density at radius 3 is 0.300 bits per heavy atom. The van der Waals surface area contributed by atoms with Crippen molar-refractivity contribution in [1.82, 2.24) is 0 Å². The molecule has 0 aromatic rings. The monoisotopic (exact) mass is 830 g/mol. The van der Waals surface area contributed by atoms with Crippen molar-refractivity contribution >= 4 is 52.8 Å². The third-order valence-corrected chi connectivity index (χ3v) is 0. The van der Waals surface area contributed by atoms with E-state index >= 15 is 0 Å². The zero-order valence-electron chi connectivity index (χ0n) is 4.51. The second-order valence-corrected chi connectivity index (χ2v) is 0. The van der Waals surface area contributed by atoms with Gasteiger partial charge in [-0.1, -0.05) is 0 Å². The summed E-state index contributed by atoms with van der Waals surface area (Å²) in [5.74, 6) is 0. The van der Waals surface area contributed by atoms with Crippen molar-refractivity contribution in [1.29, 1.82) is 0 Å². The molecule has 0 aliphatic heterocycles. The van der Waals surface area contributed by atoms with Gasteiger partial charge in [-0.05, 0) is 0 Å². The minimum Gasteiger partial charge on any atom is -3.00 e. The number of hydrogen-bond donors (Lipinski definition) is 0. The maximum atomic E-state index is 0. The van der Waals surface area contributed by atoms with Crippen LogP contribution in [0, 0.1) is 0 Å². The molecule has 0 amide bonds. The molecule has 0 aliphatic rings. The van der Waals surface area contributed by atoms with E-state index in [1.165, 1.54) is 0 Å². The van der Waals surface area contributed by atoms with Gasteiger partial charge in [-0.3, -0.25) is 0 Å². The SMILES string of the molecule is [Ge+4].[Ge+4].[Ge+4].[N-3].[N-3].[N-3].[N-3].[W].[W].[W]. The molecule has 0 aromatic carbocycles. The van der Waals surface area contributed by atoms with E-state index in [9.17, 15) is 0 Å². The van der Waals surface area contributed by atoms with Crippen LogP contribution in [0.25, 0.3) is 24.6 Å². The van der Waals surface area contributed by atoms with Crippen LogP contribution in [-0.4, -0.2) is 52.8 Å². The van der Waals surface area contributed by atoms with Crippen molar-refractivity contribution < 1.29 is 63.2 Å². The molecular weight excluding hydrogens is 825 g/mol. The van der Waals surface area contributed by atoms with E-state index in [-0.39, 0.29) is 141 Å². The molecule has 0 rings (SSSR count). The molecule has 0 aromatic heterocycles. The summed E-state index contributed by atoms with van der Waals surface area (Å²) >= 11 is 0. The summed E-state index contributed by atoms with van der Waals surface area (Å²) in [6.45, 7) is 0. The molecule has 10 heteroatoms. The normalized spacial score (nSPS) is 0. The van der Waals surface area contributed by atoms with Gasteiger partial charge in [0.1, 0.15) is 0 Å². The zero-order chi connectivity index (χ0) is 0. The van der Waals surface area contributed by atoms with Crippen molar-refractivity contribution in [3.8, 4) is 0 Å². The van der Waals surface area contributed by atoms with E-state index in [4.69, 9.17) is 0 Å². The third kappa shape index (κ3) is 102. The molecule has 0 spiro atoms. The quantitative estimate of drug-likeness (QED) is 0.306. The van der Waals surface area contributed by atoms with Crippen LogP contribution in [0.15, 0.2) is 0 Å².